The van der Waals surface area contributed by atoms with Crippen molar-refractivity contribution in [3.63, 3.8) is 0 Å². The molecule has 0 saturated heterocycles. The maximum Gasteiger partial charge on any atom is 0.270 e. The summed E-state index contributed by atoms with van der Waals surface area (Å²) in [4.78, 5) is 0. The first kappa shape index (κ1) is 11.8. The molecule has 1 radical (unpaired) electrons. The van der Waals surface area contributed by atoms with Crippen molar-refractivity contribution in [1.29, 1.82) is 0 Å². The molecule has 12 heavy (non-hydrogen) atoms. The molecular formula is C6H14NO4S. The van der Waals surface area contributed by atoms with Crippen molar-refractivity contribution in [2.75, 3.05) is 6.54 Å². The SMILES string of the molecule is [CH2]C(O)C(CCCN)S(=O)(=O)O. The third-order valence-electron chi connectivity index (χ3n) is 1.50. The van der Waals surface area contributed by atoms with Crippen LogP contribution in [0.5, 0.6) is 0 Å². The van der Waals surface area contributed by atoms with E-state index in [1.165, 1.54) is 0 Å². The van der Waals surface area contributed by atoms with Crippen LogP contribution in [0.3, 0.4) is 0 Å². The second kappa shape index (κ2) is 4.76. The molecule has 0 aliphatic heterocycles. The van der Waals surface area contributed by atoms with E-state index >= 15 is 0 Å². The number of rotatable bonds is 5. The molecule has 0 aliphatic carbocycles. The predicted molar refractivity (Wildman–Crippen MR) is 45.0 cm³/mol. The van der Waals surface area contributed by atoms with Crippen molar-refractivity contribution < 1.29 is 18.1 Å². The summed E-state index contributed by atoms with van der Waals surface area (Å²) in [7, 11) is -4.20. The lowest BCUT2D eigenvalue weighted by Gasteiger charge is -2.15. The van der Waals surface area contributed by atoms with E-state index in [2.05, 4.69) is 6.92 Å². The van der Waals surface area contributed by atoms with E-state index in [4.69, 9.17) is 15.4 Å². The fourth-order valence-corrected chi connectivity index (χ4v) is 1.72. The highest BCUT2D eigenvalue weighted by atomic mass is 32.2. The summed E-state index contributed by atoms with van der Waals surface area (Å²) >= 11 is 0. The van der Waals surface area contributed by atoms with Gasteiger partial charge in [0, 0.05) is 0 Å². The molecule has 0 saturated carbocycles. The first-order valence-corrected chi connectivity index (χ1v) is 5.07. The predicted octanol–water partition coefficient (Wildman–Crippen LogP) is -0.823. The van der Waals surface area contributed by atoms with Crippen LogP contribution in [-0.2, 0) is 10.1 Å². The molecule has 0 aliphatic rings. The standard InChI is InChI=1S/C6H14NO4S/c1-5(8)6(3-2-4-7)12(9,10)11/h5-6,8H,1-4,7H2,(H,9,10,11). The molecule has 0 aromatic rings. The van der Waals surface area contributed by atoms with E-state index in [1.807, 2.05) is 0 Å². The molecule has 0 fully saturated rings. The molecule has 0 bridgehead atoms. The van der Waals surface area contributed by atoms with Crippen molar-refractivity contribution in [2.45, 2.75) is 24.2 Å². The topological polar surface area (TPSA) is 101 Å². The Balaban J connectivity index is 4.26. The summed E-state index contributed by atoms with van der Waals surface area (Å²) in [6.07, 6.45) is -0.761. The second-order valence-electron chi connectivity index (χ2n) is 2.55. The fourth-order valence-electron chi connectivity index (χ4n) is 0.859. The van der Waals surface area contributed by atoms with Crippen LogP contribution in [0.15, 0.2) is 0 Å². The van der Waals surface area contributed by atoms with Crippen molar-refractivity contribution in [3.8, 4) is 0 Å². The molecule has 73 valence electrons. The Morgan fingerprint density at radius 3 is 2.25 bits per heavy atom. The van der Waals surface area contributed by atoms with E-state index in [0.29, 0.717) is 13.0 Å². The van der Waals surface area contributed by atoms with Crippen LogP contribution < -0.4 is 5.73 Å². The fraction of sp³-hybridized carbons (Fsp3) is 0.833. The molecule has 0 spiro atoms. The Bertz CT molecular complexity index is 212. The summed E-state index contributed by atoms with van der Waals surface area (Å²) in [6.45, 7) is 3.45. The minimum absolute atomic E-state index is 0.125. The molecule has 0 amide bonds. The van der Waals surface area contributed by atoms with Crippen LogP contribution in [0.25, 0.3) is 0 Å². The number of nitrogens with two attached hydrogens (primary N) is 1. The first-order valence-electron chi connectivity index (χ1n) is 3.57. The van der Waals surface area contributed by atoms with Gasteiger partial charge in [0.25, 0.3) is 10.1 Å². The average Bonchev–Trinajstić information content (AvgIpc) is 1.84. The molecule has 0 rings (SSSR count). The number of aliphatic hydroxyl groups excluding tert-OH is 1. The van der Waals surface area contributed by atoms with Crippen molar-refractivity contribution >= 4 is 10.1 Å². The Labute approximate surface area is 72.3 Å². The van der Waals surface area contributed by atoms with E-state index < -0.39 is 21.5 Å². The highest BCUT2D eigenvalue weighted by molar-refractivity contribution is 7.86. The van der Waals surface area contributed by atoms with E-state index in [1.54, 1.807) is 0 Å². The maximum atomic E-state index is 10.6. The van der Waals surface area contributed by atoms with Gasteiger partial charge in [0.1, 0.15) is 5.25 Å². The van der Waals surface area contributed by atoms with Gasteiger partial charge in [-0.3, -0.25) is 4.55 Å². The van der Waals surface area contributed by atoms with Crippen molar-refractivity contribution in [3.05, 3.63) is 6.92 Å². The normalized spacial score (nSPS) is 17.3. The Morgan fingerprint density at radius 1 is 1.50 bits per heavy atom. The van der Waals surface area contributed by atoms with Crippen LogP contribution in [0, 0.1) is 6.92 Å². The maximum absolute atomic E-state index is 10.6. The largest absolute Gasteiger partial charge is 0.392 e. The van der Waals surface area contributed by atoms with Gasteiger partial charge in [0.2, 0.25) is 0 Å². The van der Waals surface area contributed by atoms with Gasteiger partial charge in [-0.05, 0) is 26.3 Å². The smallest absolute Gasteiger partial charge is 0.270 e. The Hall–Kier alpha value is -0.170. The third-order valence-corrected chi connectivity index (χ3v) is 2.82. The number of hydrogen-bond donors (Lipinski definition) is 3. The van der Waals surface area contributed by atoms with Crippen molar-refractivity contribution in [1.82, 2.24) is 0 Å². The first-order chi connectivity index (χ1) is 5.39. The number of hydrogen-bond acceptors (Lipinski definition) is 4. The number of aliphatic hydroxyl groups is 1. The summed E-state index contributed by atoms with van der Waals surface area (Å²) < 4.78 is 29.8. The lowest BCUT2D eigenvalue weighted by Crippen LogP contribution is -2.32. The van der Waals surface area contributed by atoms with Crippen LogP contribution >= 0.6 is 0 Å². The van der Waals surface area contributed by atoms with Gasteiger partial charge in [0.05, 0.1) is 6.10 Å². The quantitative estimate of drug-likeness (QED) is 0.499. The lowest BCUT2D eigenvalue weighted by molar-refractivity contribution is 0.204. The van der Waals surface area contributed by atoms with Gasteiger partial charge in [-0.2, -0.15) is 8.42 Å². The highest BCUT2D eigenvalue weighted by Gasteiger charge is 2.27. The molecule has 5 nitrogen and oxygen atoms in total. The van der Waals surface area contributed by atoms with Gasteiger partial charge in [-0.15, -0.1) is 0 Å². The summed E-state index contributed by atoms with van der Waals surface area (Å²) in [6, 6.07) is 0. The summed E-state index contributed by atoms with van der Waals surface area (Å²) in [5.41, 5.74) is 5.14. The molecule has 2 unspecified atom stereocenters. The second-order valence-corrected chi connectivity index (χ2v) is 4.19. The average molecular weight is 196 g/mol. The molecule has 0 heterocycles. The van der Waals surface area contributed by atoms with Crippen LogP contribution in [0.2, 0.25) is 0 Å². The third kappa shape index (κ3) is 4.01. The molecule has 4 N–H and O–H groups in total. The monoisotopic (exact) mass is 196 g/mol. The van der Waals surface area contributed by atoms with Gasteiger partial charge in [-0.1, -0.05) is 0 Å². The van der Waals surface area contributed by atoms with Gasteiger partial charge in [0.15, 0.2) is 0 Å². The minimum Gasteiger partial charge on any atom is -0.392 e. The van der Waals surface area contributed by atoms with Crippen LogP contribution in [-0.4, -0.2) is 36.0 Å². The van der Waals surface area contributed by atoms with Crippen molar-refractivity contribution in [2.24, 2.45) is 5.73 Å². The highest BCUT2D eigenvalue weighted by Crippen LogP contribution is 2.10. The molecule has 0 aromatic heterocycles. The Kier molecular flexibility index (Phi) is 4.69. The van der Waals surface area contributed by atoms with Gasteiger partial charge in [-0.25, -0.2) is 0 Å². The molecular weight excluding hydrogens is 182 g/mol. The molecule has 2 atom stereocenters. The summed E-state index contributed by atoms with van der Waals surface area (Å²) in [5, 5.41) is 7.66. The van der Waals surface area contributed by atoms with Gasteiger partial charge < -0.3 is 10.8 Å². The zero-order valence-corrected chi connectivity index (χ0v) is 7.50. The van der Waals surface area contributed by atoms with E-state index in [0.717, 1.165) is 0 Å². The van der Waals surface area contributed by atoms with E-state index in [9.17, 15) is 8.42 Å². The Morgan fingerprint density at radius 2 is 2.00 bits per heavy atom. The molecule has 0 aromatic carbocycles. The zero-order chi connectivity index (χ0) is 9.78. The van der Waals surface area contributed by atoms with Crippen LogP contribution in [0.4, 0.5) is 0 Å². The molecule has 6 heteroatoms. The minimum atomic E-state index is -4.20. The van der Waals surface area contributed by atoms with Crippen LogP contribution in [0.1, 0.15) is 12.8 Å². The van der Waals surface area contributed by atoms with Gasteiger partial charge >= 0.3 is 0 Å². The van der Waals surface area contributed by atoms with E-state index in [-0.39, 0.29) is 6.42 Å². The lowest BCUT2D eigenvalue weighted by atomic mass is 10.2. The summed E-state index contributed by atoms with van der Waals surface area (Å²) in [5.74, 6) is 0. The zero-order valence-electron chi connectivity index (χ0n) is 6.68.